The van der Waals surface area contributed by atoms with Gasteiger partial charge in [0, 0.05) is 10.4 Å². The maximum absolute atomic E-state index is 12.0. The maximum Gasteiger partial charge on any atom is 0.260 e. The summed E-state index contributed by atoms with van der Waals surface area (Å²) in [4.78, 5) is 15.9. The minimum Gasteiger partial charge on any atom is -0.271 e. The van der Waals surface area contributed by atoms with Crippen molar-refractivity contribution in [3.63, 3.8) is 0 Å². The van der Waals surface area contributed by atoms with Crippen LogP contribution < -0.4 is 0 Å². The average Bonchev–Trinajstić information content (AvgIpc) is 2.89. The van der Waals surface area contributed by atoms with E-state index in [0.717, 1.165) is 15.6 Å². The predicted molar refractivity (Wildman–Crippen MR) is 87.3 cm³/mol. The molecule has 1 heterocycles. The first-order valence-electron chi connectivity index (χ1n) is 6.28. The van der Waals surface area contributed by atoms with E-state index < -0.39 is 0 Å². The summed E-state index contributed by atoms with van der Waals surface area (Å²) >= 11 is 4.95. The highest BCUT2D eigenvalue weighted by Gasteiger charge is 2.33. The first-order valence-corrected chi connectivity index (χ1v) is 8.01. The molecule has 0 bridgehead atoms. The fraction of sp³-hybridized carbons (Fsp3) is 0.125. The van der Waals surface area contributed by atoms with E-state index in [9.17, 15) is 4.79 Å². The Morgan fingerprint density at radius 1 is 1.00 bits per heavy atom. The van der Waals surface area contributed by atoms with Gasteiger partial charge in [-0.2, -0.15) is 0 Å². The van der Waals surface area contributed by atoms with Crippen molar-refractivity contribution in [1.82, 2.24) is 0 Å². The number of carbonyl (C=O) groups is 1. The standard InChI is InChI=1S/C16H12BrNOS/c17-13-8-6-12(7-9-13)14(11-4-2-1-3-5-11)15-16(19)18-10-20-15/h1-10,14-15H. The monoisotopic (exact) mass is 345 g/mol. The lowest BCUT2D eigenvalue weighted by atomic mass is 9.88. The van der Waals surface area contributed by atoms with Crippen molar-refractivity contribution in [1.29, 1.82) is 0 Å². The number of nitrogens with zero attached hydrogens (tertiary/aromatic N) is 1. The number of thioether (sulfide) groups is 1. The molecule has 1 aliphatic rings. The number of amides is 1. The smallest absolute Gasteiger partial charge is 0.260 e. The van der Waals surface area contributed by atoms with Gasteiger partial charge in [-0.3, -0.25) is 4.79 Å². The number of hydrogen-bond acceptors (Lipinski definition) is 2. The minimum absolute atomic E-state index is 0.0318. The molecule has 4 heteroatoms. The van der Waals surface area contributed by atoms with Crippen LogP contribution >= 0.6 is 27.7 Å². The molecule has 2 nitrogen and oxygen atoms in total. The molecule has 0 spiro atoms. The molecule has 20 heavy (non-hydrogen) atoms. The summed E-state index contributed by atoms with van der Waals surface area (Å²) in [7, 11) is 0. The van der Waals surface area contributed by atoms with E-state index in [4.69, 9.17) is 0 Å². The molecule has 1 aliphatic heterocycles. The number of carbonyl (C=O) groups excluding carboxylic acids is 1. The first-order chi connectivity index (χ1) is 9.75. The van der Waals surface area contributed by atoms with Gasteiger partial charge in [0.15, 0.2) is 0 Å². The van der Waals surface area contributed by atoms with Crippen LogP contribution in [0.3, 0.4) is 0 Å². The zero-order valence-electron chi connectivity index (χ0n) is 10.6. The summed E-state index contributed by atoms with van der Waals surface area (Å²) in [5, 5.41) is -0.168. The number of rotatable bonds is 3. The fourth-order valence-electron chi connectivity index (χ4n) is 2.37. The van der Waals surface area contributed by atoms with Gasteiger partial charge < -0.3 is 0 Å². The van der Waals surface area contributed by atoms with E-state index in [1.807, 2.05) is 30.3 Å². The number of halogens is 1. The summed E-state index contributed by atoms with van der Waals surface area (Å²) in [6.07, 6.45) is 0. The van der Waals surface area contributed by atoms with Crippen molar-refractivity contribution in [3.05, 3.63) is 70.2 Å². The van der Waals surface area contributed by atoms with Crippen LogP contribution in [0.1, 0.15) is 17.0 Å². The molecule has 2 aromatic rings. The zero-order valence-corrected chi connectivity index (χ0v) is 13.0. The Hall–Kier alpha value is -1.39. The molecule has 0 fully saturated rings. The Labute approximate surface area is 130 Å². The number of benzene rings is 2. The molecular formula is C16H12BrNOS. The summed E-state index contributed by atoms with van der Waals surface area (Å²) in [6, 6.07) is 18.3. The molecule has 100 valence electrons. The van der Waals surface area contributed by atoms with Crippen LogP contribution in [0.15, 0.2) is 64.1 Å². The second-order valence-corrected chi connectivity index (χ2v) is 6.48. The molecule has 1 amide bonds. The SMILES string of the molecule is O=C1N=CSC1C(c1ccccc1)c1ccc(Br)cc1. The quantitative estimate of drug-likeness (QED) is 0.831. The summed E-state index contributed by atoms with van der Waals surface area (Å²) in [5.74, 6) is -0.0175. The van der Waals surface area contributed by atoms with Crippen molar-refractivity contribution in [2.75, 3.05) is 0 Å². The minimum atomic E-state index is -0.168. The van der Waals surface area contributed by atoms with Gasteiger partial charge in [-0.1, -0.05) is 70.2 Å². The summed E-state index contributed by atoms with van der Waals surface area (Å²) < 4.78 is 1.04. The van der Waals surface area contributed by atoms with Crippen LogP contribution in [0.5, 0.6) is 0 Å². The van der Waals surface area contributed by atoms with Gasteiger partial charge in [-0.25, -0.2) is 4.99 Å². The van der Waals surface area contributed by atoms with Crippen LogP contribution in [-0.4, -0.2) is 16.7 Å². The molecule has 2 aromatic carbocycles. The lowest BCUT2D eigenvalue weighted by Crippen LogP contribution is -2.22. The van der Waals surface area contributed by atoms with E-state index >= 15 is 0 Å². The van der Waals surface area contributed by atoms with Crippen LogP contribution in [-0.2, 0) is 4.79 Å². The molecule has 0 radical (unpaired) electrons. The molecular weight excluding hydrogens is 334 g/mol. The number of hydrogen-bond donors (Lipinski definition) is 0. The molecule has 0 saturated carbocycles. The van der Waals surface area contributed by atoms with Crippen LogP contribution in [0.25, 0.3) is 0 Å². The highest BCUT2D eigenvalue weighted by molar-refractivity contribution is 9.10. The van der Waals surface area contributed by atoms with Crippen molar-refractivity contribution >= 4 is 39.1 Å². The molecule has 0 saturated heterocycles. The lowest BCUT2D eigenvalue weighted by Gasteiger charge is -2.22. The Morgan fingerprint density at radius 3 is 2.25 bits per heavy atom. The third-order valence-corrected chi connectivity index (χ3v) is 4.84. The van der Waals surface area contributed by atoms with Crippen molar-refractivity contribution < 1.29 is 4.79 Å². The summed E-state index contributed by atoms with van der Waals surface area (Å²) in [6.45, 7) is 0. The molecule has 3 rings (SSSR count). The van der Waals surface area contributed by atoms with Gasteiger partial charge in [0.2, 0.25) is 0 Å². The summed E-state index contributed by atoms with van der Waals surface area (Å²) in [5.41, 5.74) is 3.93. The zero-order chi connectivity index (χ0) is 13.9. The Bertz CT molecular complexity index is 639. The normalized spacial score (nSPS) is 19.2. The second kappa shape index (κ2) is 5.94. The first kappa shape index (κ1) is 13.6. The average molecular weight is 346 g/mol. The molecule has 2 unspecified atom stereocenters. The molecule has 0 N–H and O–H groups in total. The van der Waals surface area contributed by atoms with E-state index in [0.29, 0.717) is 0 Å². The van der Waals surface area contributed by atoms with E-state index in [1.165, 1.54) is 11.8 Å². The fourth-order valence-corrected chi connectivity index (χ4v) is 3.58. The van der Waals surface area contributed by atoms with Crippen molar-refractivity contribution in [3.8, 4) is 0 Å². The lowest BCUT2D eigenvalue weighted by molar-refractivity contribution is -0.117. The van der Waals surface area contributed by atoms with Gasteiger partial charge in [0.05, 0.1) is 5.55 Å². The highest BCUT2D eigenvalue weighted by atomic mass is 79.9. The molecule has 0 aromatic heterocycles. The highest BCUT2D eigenvalue weighted by Crippen LogP contribution is 2.37. The number of aliphatic imine (C=N–C) groups is 1. The van der Waals surface area contributed by atoms with E-state index in [-0.39, 0.29) is 17.1 Å². The van der Waals surface area contributed by atoms with Crippen LogP contribution in [0, 0.1) is 0 Å². The Kier molecular flexibility index (Phi) is 4.03. The van der Waals surface area contributed by atoms with Crippen molar-refractivity contribution in [2.45, 2.75) is 11.2 Å². The van der Waals surface area contributed by atoms with Crippen LogP contribution in [0.2, 0.25) is 0 Å². The van der Waals surface area contributed by atoms with Gasteiger partial charge in [0.1, 0.15) is 5.25 Å². The van der Waals surface area contributed by atoms with Gasteiger partial charge in [-0.15, -0.1) is 0 Å². The topological polar surface area (TPSA) is 29.4 Å². The third-order valence-electron chi connectivity index (χ3n) is 3.32. The van der Waals surface area contributed by atoms with Gasteiger partial charge in [0.25, 0.3) is 5.91 Å². The second-order valence-electron chi connectivity index (χ2n) is 4.57. The van der Waals surface area contributed by atoms with E-state index in [1.54, 1.807) is 5.55 Å². The third kappa shape index (κ3) is 2.72. The van der Waals surface area contributed by atoms with Crippen molar-refractivity contribution in [2.24, 2.45) is 4.99 Å². The predicted octanol–water partition coefficient (Wildman–Crippen LogP) is 4.25. The Morgan fingerprint density at radius 2 is 1.65 bits per heavy atom. The van der Waals surface area contributed by atoms with Gasteiger partial charge >= 0.3 is 0 Å². The molecule has 0 aliphatic carbocycles. The molecule has 2 atom stereocenters. The maximum atomic E-state index is 12.0. The Balaban J connectivity index is 2.04. The van der Waals surface area contributed by atoms with E-state index in [2.05, 4.69) is 45.2 Å². The largest absolute Gasteiger partial charge is 0.271 e. The van der Waals surface area contributed by atoms with Gasteiger partial charge in [-0.05, 0) is 23.3 Å². The van der Waals surface area contributed by atoms with Crippen LogP contribution in [0.4, 0.5) is 0 Å².